The summed E-state index contributed by atoms with van der Waals surface area (Å²) in [5.74, 6) is 6.21. The number of hydrogen-bond acceptors (Lipinski definition) is 6. The number of H-pyrrole nitrogens is 1. The van der Waals surface area contributed by atoms with Crippen molar-refractivity contribution in [2.45, 2.75) is 13.0 Å². The highest BCUT2D eigenvalue weighted by Gasteiger charge is 2.26. The number of benzene rings is 1. The molecule has 156 valence electrons. The Labute approximate surface area is 184 Å². The van der Waals surface area contributed by atoms with Crippen LogP contribution in [0.25, 0.3) is 21.8 Å². The average Bonchev–Trinajstić information content (AvgIpc) is 3.55. The average molecular weight is 432 g/mol. The molecule has 0 saturated carbocycles. The highest BCUT2D eigenvalue weighted by atomic mass is 32.1. The molecule has 3 aromatic heterocycles. The normalized spacial score (nSPS) is 11.8. The van der Waals surface area contributed by atoms with Crippen molar-refractivity contribution in [3.8, 4) is 33.7 Å². The van der Waals surface area contributed by atoms with E-state index in [0.717, 1.165) is 28.2 Å². The minimum Gasteiger partial charge on any atom is -0.382 e. The molecule has 0 fully saturated rings. The van der Waals surface area contributed by atoms with E-state index in [0.29, 0.717) is 26.4 Å². The zero-order valence-electron chi connectivity index (χ0n) is 17.1. The summed E-state index contributed by atoms with van der Waals surface area (Å²) in [5.41, 5.74) is 8.08. The molecule has 3 heterocycles. The van der Waals surface area contributed by atoms with E-state index in [4.69, 9.17) is 9.47 Å². The quantitative estimate of drug-likeness (QED) is 0.316. The maximum atomic E-state index is 5.39. The second kappa shape index (κ2) is 8.86. The zero-order chi connectivity index (χ0) is 21.0. The Bertz CT molecular complexity index is 1250. The number of fused-ring (bicyclic) bond motifs is 3. The van der Waals surface area contributed by atoms with Crippen LogP contribution in [0.15, 0.2) is 42.3 Å². The van der Waals surface area contributed by atoms with Crippen LogP contribution in [-0.4, -0.2) is 51.9 Å². The Morgan fingerprint density at radius 3 is 3.10 bits per heavy atom. The van der Waals surface area contributed by atoms with Gasteiger partial charge in [-0.3, -0.25) is 5.10 Å². The number of methoxy groups -OCH3 is 1. The molecule has 1 aromatic carbocycles. The lowest BCUT2D eigenvalue weighted by Crippen LogP contribution is -2.01. The molecular formula is C23H21N5O2S. The van der Waals surface area contributed by atoms with Crippen molar-refractivity contribution in [1.29, 1.82) is 0 Å². The third kappa shape index (κ3) is 4.16. The number of nitrogens with one attached hydrogen (secondary N) is 1. The summed E-state index contributed by atoms with van der Waals surface area (Å²) >= 11 is 1.67. The molecular weight excluding hydrogens is 410 g/mol. The number of hydrogen-bond donors (Lipinski definition) is 1. The fraction of sp³-hybridized carbons (Fsp3) is 0.261. The number of aromatic nitrogens is 5. The molecule has 4 aromatic rings. The Morgan fingerprint density at radius 1 is 1.26 bits per heavy atom. The summed E-state index contributed by atoms with van der Waals surface area (Å²) in [7, 11) is 1.66. The maximum absolute atomic E-state index is 5.39. The van der Waals surface area contributed by atoms with Gasteiger partial charge in [0.05, 0.1) is 30.3 Å². The van der Waals surface area contributed by atoms with Crippen molar-refractivity contribution >= 4 is 11.3 Å². The molecule has 1 aliphatic carbocycles. The summed E-state index contributed by atoms with van der Waals surface area (Å²) in [5, 5.41) is 14.2. The molecule has 8 heteroatoms. The number of ether oxygens (including phenoxy) is 2. The van der Waals surface area contributed by atoms with Gasteiger partial charge in [-0.1, -0.05) is 24.0 Å². The minimum atomic E-state index is 0.401. The van der Waals surface area contributed by atoms with E-state index in [2.05, 4.69) is 61.8 Å². The SMILES string of the molecule is COCCOCC#Cc1csc(-c2n[nH]c3c2Cc2ccc(Cn4cncn4)cc2-3)c1. The lowest BCUT2D eigenvalue weighted by molar-refractivity contribution is 0.0877. The van der Waals surface area contributed by atoms with Crippen molar-refractivity contribution in [1.82, 2.24) is 25.0 Å². The molecule has 0 unspecified atom stereocenters. The van der Waals surface area contributed by atoms with E-state index >= 15 is 0 Å². The first kappa shape index (κ1) is 19.7. The number of nitrogens with zero attached hydrogens (tertiary/aromatic N) is 4. The summed E-state index contributed by atoms with van der Waals surface area (Å²) in [6, 6.07) is 8.68. The molecule has 0 bridgehead atoms. The minimum absolute atomic E-state index is 0.401. The van der Waals surface area contributed by atoms with Crippen LogP contribution in [0.1, 0.15) is 22.3 Å². The number of aromatic amines is 1. The smallest absolute Gasteiger partial charge is 0.137 e. The first-order valence-corrected chi connectivity index (χ1v) is 10.9. The Morgan fingerprint density at radius 2 is 2.23 bits per heavy atom. The molecule has 0 aliphatic heterocycles. The van der Waals surface area contributed by atoms with E-state index in [9.17, 15) is 0 Å². The summed E-state index contributed by atoms with van der Waals surface area (Å²) < 4.78 is 12.2. The zero-order valence-corrected chi connectivity index (χ0v) is 17.9. The van der Waals surface area contributed by atoms with E-state index in [1.165, 1.54) is 22.3 Å². The molecule has 0 atom stereocenters. The first-order valence-electron chi connectivity index (χ1n) is 9.98. The second-order valence-corrected chi connectivity index (χ2v) is 8.15. The van der Waals surface area contributed by atoms with Gasteiger partial charge in [0.1, 0.15) is 25.0 Å². The molecule has 1 aliphatic rings. The van der Waals surface area contributed by atoms with Crippen LogP contribution < -0.4 is 0 Å². The van der Waals surface area contributed by atoms with Crippen LogP contribution in [0.5, 0.6) is 0 Å². The molecule has 0 saturated heterocycles. The molecule has 0 amide bonds. The van der Waals surface area contributed by atoms with Crippen LogP contribution in [0, 0.1) is 11.8 Å². The van der Waals surface area contributed by atoms with Gasteiger partial charge in [-0.05, 0) is 23.3 Å². The molecule has 7 nitrogen and oxygen atoms in total. The monoisotopic (exact) mass is 431 g/mol. The van der Waals surface area contributed by atoms with Gasteiger partial charge in [-0.25, -0.2) is 9.67 Å². The van der Waals surface area contributed by atoms with Crippen LogP contribution in [0.2, 0.25) is 0 Å². The van der Waals surface area contributed by atoms with E-state index in [1.807, 2.05) is 4.68 Å². The predicted molar refractivity (Wildman–Crippen MR) is 119 cm³/mol. The van der Waals surface area contributed by atoms with Crippen LogP contribution in [0.4, 0.5) is 0 Å². The second-order valence-electron chi connectivity index (χ2n) is 7.23. The third-order valence-electron chi connectivity index (χ3n) is 5.16. The molecule has 31 heavy (non-hydrogen) atoms. The van der Waals surface area contributed by atoms with E-state index < -0.39 is 0 Å². The van der Waals surface area contributed by atoms with Gasteiger partial charge in [0.25, 0.3) is 0 Å². The Kier molecular flexibility index (Phi) is 5.63. The fourth-order valence-corrected chi connectivity index (χ4v) is 4.55. The van der Waals surface area contributed by atoms with Gasteiger partial charge in [-0.15, -0.1) is 11.3 Å². The van der Waals surface area contributed by atoms with Crippen LogP contribution in [0.3, 0.4) is 0 Å². The van der Waals surface area contributed by atoms with Crippen LogP contribution in [-0.2, 0) is 22.4 Å². The summed E-state index contributed by atoms with van der Waals surface area (Å²) in [6.45, 7) is 2.24. The summed E-state index contributed by atoms with van der Waals surface area (Å²) in [6.07, 6.45) is 4.17. The first-order chi connectivity index (χ1) is 15.3. The highest BCUT2D eigenvalue weighted by Crippen LogP contribution is 2.41. The molecule has 0 spiro atoms. The fourth-order valence-electron chi connectivity index (χ4n) is 3.69. The lowest BCUT2D eigenvalue weighted by Gasteiger charge is -2.05. The van der Waals surface area contributed by atoms with Crippen molar-refractivity contribution in [2.75, 3.05) is 26.9 Å². The topological polar surface area (TPSA) is 77.9 Å². The standard InChI is InChI=1S/C23H21N5O2S/c1-29-7-8-30-6-2-3-17-10-21(31-13-17)23-20-11-18-5-4-16(12-28-15-24-14-25-28)9-19(18)22(20)26-27-23/h4-5,9-10,13-15H,6-8,11-12H2,1H3,(H,26,27). The van der Waals surface area contributed by atoms with Crippen LogP contribution >= 0.6 is 11.3 Å². The summed E-state index contributed by atoms with van der Waals surface area (Å²) in [4.78, 5) is 5.14. The van der Waals surface area contributed by atoms with E-state index in [-0.39, 0.29) is 0 Å². The predicted octanol–water partition coefficient (Wildman–Crippen LogP) is 3.36. The number of thiophene rings is 1. The highest BCUT2D eigenvalue weighted by molar-refractivity contribution is 7.13. The largest absolute Gasteiger partial charge is 0.382 e. The third-order valence-corrected chi connectivity index (χ3v) is 6.10. The number of rotatable bonds is 7. The van der Waals surface area contributed by atoms with Crippen molar-refractivity contribution in [3.63, 3.8) is 0 Å². The Balaban J connectivity index is 1.33. The van der Waals surface area contributed by atoms with Gasteiger partial charge >= 0.3 is 0 Å². The molecule has 1 N–H and O–H groups in total. The van der Waals surface area contributed by atoms with Gasteiger partial charge in [-0.2, -0.15) is 10.2 Å². The Hall–Kier alpha value is -3.25. The van der Waals surface area contributed by atoms with Gasteiger partial charge in [0, 0.05) is 35.6 Å². The lowest BCUT2D eigenvalue weighted by atomic mass is 10.1. The molecule has 5 rings (SSSR count). The maximum Gasteiger partial charge on any atom is 0.137 e. The van der Waals surface area contributed by atoms with Gasteiger partial charge in [0.15, 0.2) is 0 Å². The van der Waals surface area contributed by atoms with Crippen molar-refractivity contribution < 1.29 is 9.47 Å². The van der Waals surface area contributed by atoms with Gasteiger partial charge in [0.2, 0.25) is 0 Å². The van der Waals surface area contributed by atoms with Gasteiger partial charge < -0.3 is 9.47 Å². The van der Waals surface area contributed by atoms with E-state index in [1.54, 1.807) is 31.1 Å². The molecule has 0 radical (unpaired) electrons. The van der Waals surface area contributed by atoms with Crippen molar-refractivity contribution in [3.05, 3.63) is 64.6 Å². The van der Waals surface area contributed by atoms with Crippen molar-refractivity contribution in [2.24, 2.45) is 0 Å².